The summed E-state index contributed by atoms with van der Waals surface area (Å²) < 4.78 is 11.0. The minimum Gasteiger partial charge on any atom is -0.495 e. The second kappa shape index (κ2) is 5.82. The molecule has 2 atom stereocenters. The van der Waals surface area contributed by atoms with Gasteiger partial charge in [0.15, 0.2) is 0 Å². The zero-order chi connectivity index (χ0) is 13.9. The highest BCUT2D eigenvalue weighted by molar-refractivity contribution is 5.45. The molecule has 0 amide bonds. The monoisotopic (exact) mass is 272 g/mol. The number of morpholine rings is 1. The summed E-state index contributed by atoms with van der Waals surface area (Å²) in [5.74, 6) is 0.650. The predicted molar refractivity (Wildman–Crippen MR) is 75.5 cm³/mol. The molecule has 20 heavy (non-hydrogen) atoms. The molecule has 1 saturated carbocycles. The largest absolute Gasteiger partial charge is 0.495 e. The molecule has 1 aliphatic carbocycles. The zero-order valence-electron chi connectivity index (χ0n) is 11.8. The van der Waals surface area contributed by atoms with Gasteiger partial charge in [-0.05, 0) is 37.0 Å². The molecule has 0 bridgehead atoms. The predicted octanol–water partition coefficient (Wildman–Crippen LogP) is 2.32. The van der Waals surface area contributed by atoms with E-state index in [9.17, 15) is 0 Å². The van der Waals surface area contributed by atoms with Crippen molar-refractivity contribution in [2.24, 2.45) is 0 Å². The topological polar surface area (TPSA) is 45.5 Å². The Bertz CT molecular complexity index is 524. The molecule has 2 unspecified atom stereocenters. The van der Waals surface area contributed by atoms with Gasteiger partial charge in [0.1, 0.15) is 11.8 Å². The maximum absolute atomic E-state index is 9.17. The van der Waals surface area contributed by atoms with Crippen LogP contribution in [0.3, 0.4) is 0 Å². The Labute approximate surface area is 119 Å². The van der Waals surface area contributed by atoms with E-state index >= 15 is 0 Å². The molecule has 0 radical (unpaired) electrons. The van der Waals surface area contributed by atoms with Crippen molar-refractivity contribution in [1.82, 2.24) is 4.90 Å². The van der Waals surface area contributed by atoms with Crippen LogP contribution in [-0.2, 0) is 11.3 Å². The molecule has 4 nitrogen and oxygen atoms in total. The van der Waals surface area contributed by atoms with Gasteiger partial charge in [-0.3, -0.25) is 4.90 Å². The first-order valence-corrected chi connectivity index (χ1v) is 7.24. The summed E-state index contributed by atoms with van der Waals surface area (Å²) in [6.07, 6.45) is 4.09. The van der Waals surface area contributed by atoms with Crippen LogP contribution in [0.25, 0.3) is 0 Å². The highest BCUT2D eigenvalue weighted by Crippen LogP contribution is 2.31. The first-order chi connectivity index (χ1) is 9.81. The van der Waals surface area contributed by atoms with E-state index in [-0.39, 0.29) is 0 Å². The number of nitrogens with zero attached hydrogens (tertiary/aromatic N) is 2. The number of hydrogen-bond acceptors (Lipinski definition) is 4. The number of methoxy groups -OCH3 is 1. The minimum absolute atomic E-state index is 0.414. The van der Waals surface area contributed by atoms with Gasteiger partial charge in [-0.2, -0.15) is 5.26 Å². The van der Waals surface area contributed by atoms with Gasteiger partial charge in [-0.1, -0.05) is 6.07 Å². The fraction of sp³-hybridized carbons (Fsp3) is 0.562. The van der Waals surface area contributed by atoms with Crippen LogP contribution in [0.5, 0.6) is 5.75 Å². The van der Waals surface area contributed by atoms with Gasteiger partial charge >= 0.3 is 0 Å². The molecule has 2 fully saturated rings. The Hall–Kier alpha value is -1.57. The van der Waals surface area contributed by atoms with Crippen LogP contribution in [0.2, 0.25) is 0 Å². The second-order valence-corrected chi connectivity index (χ2v) is 5.52. The fourth-order valence-corrected chi connectivity index (χ4v) is 3.38. The molecule has 2 aliphatic rings. The number of fused-ring (bicyclic) bond motifs is 1. The third kappa shape index (κ3) is 2.52. The fourth-order valence-electron chi connectivity index (χ4n) is 3.38. The standard InChI is InChI=1S/C16H20N2O2/c1-19-15-6-5-12(9-13(15)10-17)11-18-7-8-20-16-4-2-3-14(16)18/h5-6,9,14,16H,2-4,7-8,11H2,1H3. The van der Waals surface area contributed by atoms with E-state index in [1.165, 1.54) is 24.8 Å². The molecular formula is C16H20N2O2. The highest BCUT2D eigenvalue weighted by Gasteiger charge is 2.35. The smallest absolute Gasteiger partial charge is 0.136 e. The van der Waals surface area contributed by atoms with Crippen molar-refractivity contribution in [3.05, 3.63) is 29.3 Å². The van der Waals surface area contributed by atoms with Gasteiger partial charge in [0.25, 0.3) is 0 Å². The summed E-state index contributed by atoms with van der Waals surface area (Å²) in [7, 11) is 1.60. The molecule has 0 spiro atoms. The summed E-state index contributed by atoms with van der Waals surface area (Å²) in [6.45, 7) is 2.70. The van der Waals surface area contributed by atoms with Crippen molar-refractivity contribution >= 4 is 0 Å². The van der Waals surface area contributed by atoms with Crippen molar-refractivity contribution in [2.45, 2.75) is 38.0 Å². The summed E-state index contributed by atoms with van der Waals surface area (Å²) in [6, 6.07) is 8.64. The van der Waals surface area contributed by atoms with E-state index in [1.54, 1.807) is 7.11 Å². The number of nitriles is 1. The zero-order valence-corrected chi connectivity index (χ0v) is 11.8. The van der Waals surface area contributed by atoms with Crippen molar-refractivity contribution < 1.29 is 9.47 Å². The molecule has 1 aromatic carbocycles. The average molecular weight is 272 g/mol. The van der Waals surface area contributed by atoms with Gasteiger partial charge in [-0.15, -0.1) is 0 Å². The molecule has 4 heteroatoms. The lowest BCUT2D eigenvalue weighted by Crippen LogP contribution is -2.47. The Morgan fingerprint density at radius 1 is 1.45 bits per heavy atom. The number of rotatable bonds is 3. The number of benzene rings is 1. The molecule has 0 aromatic heterocycles. The lowest BCUT2D eigenvalue weighted by atomic mass is 10.1. The third-order valence-corrected chi connectivity index (χ3v) is 4.37. The highest BCUT2D eigenvalue weighted by atomic mass is 16.5. The van der Waals surface area contributed by atoms with Crippen LogP contribution in [0.4, 0.5) is 0 Å². The molecule has 1 aliphatic heterocycles. The van der Waals surface area contributed by atoms with E-state index in [4.69, 9.17) is 14.7 Å². The Morgan fingerprint density at radius 2 is 2.35 bits per heavy atom. The van der Waals surface area contributed by atoms with Gasteiger partial charge in [0.05, 0.1) is 25.4 Å². The Balaban J connectivity index is 1.75. The van der Waals surface area contributed by atoms with Crippen molar-refractivity contribution in [2.75, 3.05) is 20.3 Å². The summed E-state index contributed by atoms with van der Waals surface area (Å²) in [5.41, 5.74) is 1.79. The van der Waals surface area contributed by atoms with Crippen molar-refractivity contribution in [1.29, 1.82) is 5.26 Å². The molecule has 3 rings (SSSR count). The quantitative estimate of drug-likeness (QED) is 0.847. The van der Waals surface area contributed by atoms with E-state index in [0.717, 1.165) is 19.7 Å². The van der Waals surface area contributed by atoms with Crippen LogP contribution in [0.15, 0.2) is 18.2 Å². The maximum Gasteiger partial charge on any atom is 0.136 e. The molecule has 1 saturated heterocycles. The lowest BCUT2D eigenvalue weighted by molar-refractivity contribution is -0.0588. The number of ether oxygens (including phenoxy) is 2. The summed E-state index contributed by atoms with van der Waals surface area (Å²) >= 11 is 0. The average Bonchev–Trinajstić information content (AvgIpc) is 2.96. The molecular weight excluding hydrogens is 252 g/mol. The molecule has 1 heterocycles. The maximum atomic E-state index is 9.17. The normalized spacial score (nSPS) is 26.0. The van der Waals surface area contributed by atoms with E-state index in [2.05, 4.69) is 17.0 Å². The van der Waals surface area contributed by atoms with Gasteiger partial charge in [0, 0.05) is 19.1 Å². The second-order valence-electron chi connectivity index (χ2n) is 5.52. The van der Waals surface area contributed by atoms with Gasteiger partial charge in [-0.25, -0.2) is 0 Å². The van der Waals surface area contributed by atoms with Crippen LogP contribution in [-0.4, -0.2) is 37.3 Å². The minimum atomic E-state index is 0.414. The van der Waals surface area contributed by atoms with Crippen molar-refractivity contribution in [3.63, 3.8) is 0 Å². The Kier molecular flexibility index (Phi) is 3.90. The summed E-state index contributed by atoms with van der Waals surface area (Å²) in [4.78, 5) is 2.50. The summed E-state index contributed by atoms with van der Waals surface area (Å²) in [5, 5.41) is 9.17. The Morgan fingerprint density at radius 3 is 3.15 bits per heavy atom. The first-order valence-electron chi connectivity index (χ1n) is 7.24. The lowest BCUT2D eigenvalue weighted by Gasteiger charge is -2.37. The van der Waals surface area contributed by atoms with Crippen LogP contribution in [0.1, 0.15) is 30.4 Å². The first kappa shape index (κ1) is 13.4. The van der Waals surface area contributed by atoms with Crippen molar-refractivity contribution in [3.8, 4) is 11.8 Å². The van der Waals surface area contributed by atoms with E-state index < -0.39 is 0 Å². The van der Waals surface area contributed by atoms with Gasteiger partial charge < -0.3 is 9.47 Å². The van der Waals surface area contributed by atoms with E-state index in [1.807, 2.05) is 12.1 Å². The number of hydrogen-bond donors (Lipinski definition) is 0. The van der Waals surface area contributed by atoms with Crippen LogP contribution < -0.4 is 4.74 Å². The van der Waals surface area contributed by atoms with E-state index in [0.29, 0.717) is 23.5 Å². The molecule has 106 valence electrons. The SMILES string of the molecule is COc1ccc(CN2CCOC3CCCC32)cc1C#N. The van der Waals surface area contributed by atoms with Gasteiger partial charge in [0.2, 0.25) is 0 Å². The van der Waals surface area contributed by atoms with Crippen LogP contribution >= 0.6 is 0 Å². The molecule has 1 aromatic rings. The third-order valence-electron chi connectivity index (χ3n) is 4.37. The molecule has 0 N–H and O–H groups in total. The van der Waals surface area contributed by atoms with Crippen LogP contribution in [0, 0.1) is 11.3 Å².